The van der Waals surface area contributed by atoms with Crippen molar-refractivity contribution in [3.05, 3.63) is 0 Å². The van der Waals surface area contributed by atoms with Crippen LogP contribution in [-0.2, 0) is 4.79 Å². The molecule has 104 valence electrons. The third kappa shape index (κ3) is 4.58. The summed E-state index contributed by atoms with van der Waals surface area (Å²) in [5.74, 6) is 1.42. The smallest absolute Gasteiger partial charge is 0.217 e. The monoisotopic (exact) mass is 253 g/mol. The molecular weight excluding hydrogens is 226 g/mol. The van der Waals surface area contributed by atoms with E-state index in [4.69, 9.17) is 5.73 Å². The number of primary amides is 1. The second kappa shape index (κ2) is 7.10. The summed E-state index contributed by atoms with van der Waals surface area (Å²) in [7, 11) is 0. The number of carbonyl (C=O) groups excluding carboxylic acids is 1. The van der Waals surface area contributed by atoms with Crippen molar-refractivity contribution >= 4 is 5.91 Å². The van der Waals surface area contributed by atoms with Gasteiger partial charge < -0.3 is 16.0 Å². The molecule has 0 bridgehead atoms. The Morgan fingerprint density at radius 3 is 2.72 bits per heavy atom. The van der Waals surface area contributed by atoms with E-state index in [0.717, 1.165) is 12.3 Å². The molecule has 0 aromatic heterocycles. The fraction of sp³-hybridized carbons (Fsp3) is 0.929. The van der Waals surface area contributed by atoms with E-state index >= 15 is 0 Å². The van der Waals surface area contributed by atoms with E-state index in [1.165, 1.54) is 58.4 Å². The van der Waals surface area contributed by atoms with Crippen LogP contribution in [0.25, 0.3) is 0 Å². The van der Waals surface area contributed by atoms with Gasteiger partial charge in [0.05, 0.1) is 0 Å². The lowest BCUT2D eigenvalue weighted by molar-refractivity contribution is -0.118. The van der Waals surface area contributed by atoms with Crippen LogP contribution >= 0.6 is 0 Å². The largest absolute Gasteiger partial charge is 0.370 e. The molecule has 1 atom stereocenters. The fourth-order valence-corrected chi connectivity index (χ4v) is 3.33. The minimum atomic E-state index is -0.148. The van der Waals surface area contributed by atoms with Gasteiger partial charge in [-0.2, -0.15) is 0 Å². The Morgan fingerprint density at radius 1 is 1.22 bits per heavy atom. The molecule has 2 rings (SSSR count). The predicted molar refractivity (Wildman–Crippen MR) is 73.2 cm³/mol. The highest BCUT2D eigenvalue weighted by Crippen LogP contribution is 2.23. The highest BCUT2D eigenvalue weighted by Gasteiger charge is 2.23. The van der Waals surface area contributed by atoms with Gasteiger partial charge in [-0.15, -0.1) is 0 Å². The van der Waals surface area contributed by atoms with E-state index in [9.17, 15) is 4.79 Å². The molecule has 2 saturated heterocycles. The number of likely N-dealkylation sites (tertiary alicyclic amines) is 1. The van der Waals surface area contributed by atoms with Crippen LogP contribution in [0.15, 0.2) is 0 Å². The molecule has 2 fully saturated rings. The number of nitrogens with two attached hydrogens (primary N) is 1. The molecule has 0 radical (unpaired) electrons. The number of nitrogens with zero attached hydrogens (tertiary/aromatic N) is 1. The maximum atomic E-state index is 10.8. The lowest BCUT2D eigenvalue weighted by atomic mass is 9.91. The number of hydrogen-bond donors (Lipinski definition) is 2. The summed E-state index contributed by atoms with van der Waals surface area (Å²) in [5.41, 5.74) is 5.23. The first-order valence-electron chi connectivity index (χ1n) is 7.45. The Kier molecular flexibility index (Phi) is 5.45. The van der Waals surface area contributed by atoms with Crippen LogP contribution in [0.1, 0.15) is 38.5 Å². The lowest BCUT2D eigenvalue weighted by Gasteiger charge is -2.36. The number of amides is 1. The first kappa shape index (κ1) is 13.8. The normalized spacial score (nSPS) is 27.2. The minimum absolute atomic E-state index is 0.148. The zero-order valence-electron chi connectivity index (χ0n) is 11.4. The molecule has 0 aromatic rings. The van der Waals surface area contributed by atoms with Crippen molar-refractivity contribution in [2.45, 2.75) is 38.5 Å². The van der Waals surface area contributed by atoms with Gasteiger partial charge in [-0.1, -0.05) is 0 Å². The molecule has 3 N–H and O–H groups in total. The highest BCUT2D eigenvalue weighted by molar-refractivity contribution is 5.73. The Balaban J connectivity index is 1.70. The molecule has 0 aromatic carbocycles. The Labute approximate surface area is 110 Å². The molecular formula is C14H27N3O. The van der Waals surface area contributed by atoms with Crippen molar-refractivity contribution in [1.29, 1.82) is 0 Å². The van der Waals surface area contributed by atoms with E-state index in [2.05, 4.69) is 10.2 Å². The third-order valence-electron chi connectivity index (χ3n) is 4.38. The first-order chi connectivity index (χ1) is 8.74. The van der Waals surface area contributed by atoms with Gasteiger partial charge in [-0.25, -0.2) is 0 Å². The SMILES string of the molecule is NC(=O)CCC1CCCN(CC2CCNCC2)C1. The molecule has 2 heterocycles. The van der Waals surface area contributed by atoms with Gasteiger partial charge in [0.25, 0.3) is 0 Å². The molecule has 1 amide bonds. The van der Waals surface area contributed by atoms with Crippen molar-refractivity contribution in [3.8, 4) is 0 Å². The molecule has 2 aliphatic heterocycles. The van der Waals surface area contributed by atoms with Gasteiger partial charge in [-0.05, 0) is 63.6 Å². The number of rotatable bonds is 5. The maximum absolute atomic E-state index is 10.8. The van der Waals surface area contributed by atoms with Crippen molar-refractivity contribution < 1.29 is 4.79 Å². The quantitative estimate of drug-likeness (QED) is 0.767. The zero-order valence-corrected chi connectivity index (χ0v) is 11.4. The van der Waals surface area contributed by atoms with Crippen LogP contribution in [0.4, 0.5) is 0 Å². The number of carbonyl (C=O) groups is 1. The van der Waals surface area contributed by atoms with Crippen molar-refractivity contribution in [2.24, 2.45) is 17.6 Å². The van der Waals surface area contributed by atoms with Crippen molar-refractivity contribution in [3.63, 3.8) is 0 Å². The van der Waals surface area contributed by atoms with E-state index in [1.54, 1.807) is 0 Å². The van der Waals surface area contributed by atoms with E-state index in [1.807, 2.05) is 0 Å². The first-order valence-corrected chi connectivity index (χ1v) is 7.45. The van der Waals surface area contributed by atoms with E-state index in [-0.39, 0.29) is 5.91 Å². The summed E-state index contributed by atoms with van der Waals surface area (Å²) in [4.78, 5) is 13.5. The summed E-state index contributed by atoms with van der Waals surface area (Å²) in [6.45, 7) is 6.05. The molecule has 4 nitrogen and oxygen atoms in total. The molecule has 0 spiro atoms. The standard InChI is InChI=1S/C14H27N3O/c15-14(18)4-3-12-2-1-9-17(10-12)11-13-5-7-16-8-6-13/h12-13,16H,1-11H2,(H2,15,18). The van der Waals surface area contributed by atoms with Crippen LogP contribution in [-0.4, -0.2) is 43.5 Å². The zero-order chi connectivity index (χ0) is 12.8. The molecule has 18 heavy (non-hydrogen) atoms. The lowest BCUT2D eigenvalue weighted by Crippen LogP contribution is -2.41. The predicted octanol–water partition coefficient (Wildman–Crippen LogP) is 0.963. The topological polar surface area (TPSA) is 58.4 Å². The van der Waals surface area contributed by atoms with Crippen molar-refractivity contribution in [1.82, 2.24) is 10.2 Å². The number of piperidine rings is 2. The minimum Gasteiger partial charge on any atom is -0.370 e. The maximum Gasteiger partial charge on any atom is 0.217 e. The van der Waals surface area contributed by atoms with Crippen LogP contribution in [0, 0.1) is 11.8 Å². The summed E-state index contributed by atoms with van der Waals surface area (Å²) < 4.78 is 0. The fourth-order valence-electron chi connectivity index (χ4n) is 3.33. The molecule has 1 unspecified atom stereocenters. The van der Waals surface area contributed by atoms with E-state index < -0.39 is 0 Å². The average Bonchev–Trinajstić information content (AvgIpc) is 2.38. The van der Waals surface area contributed by atoms with Crippen LogP contribution < -0.4 is 11.1 Å². The third-order valence-corrected chi connectivity index (χ3v) is 4.38. The van der Waals surface area contributed by atoms with Gasteiger partial charge in [0.1, 0.15) is 0 Å². The second-order valence-electron chi connectivity index (χ2n) is 5.97. The summed E-state index contributed by atoms with van der Waals surface area (Å²) in [5, 5.41) is 3.42. The molecule has 2 aliphatic rings. The van der Waals surface area contributed by atoms with Gasteiger partial charge in [0.15, 0.2) is 0 Å². The van der Waals surface area contributed by atoms with Crippen molar-refractivity contribution in [2.75, 3.05) is 32.7 Å². The van der Waals surface area contributed by atoms with Gasteiger partial charge in [0.2, 0.25) is 5.91 Å². The average molecular weight is 253 g/mol. The highest BCUT2D eigenvalue weighted by atomic mass is 16.1. The second-order valence-corrected chi connectivity index (χ2v) is 5.97. The molecule has 0 saturated carbocycles. The Morgan fingerprint density at radius 2 is 2.00 bits per heavy atom. The Bertz CT molecular complexity index is 264. The Hall–Kier alpha value is -0.610. The van der Waals surface area contributed by atoms with Gasteiger partial charge >= 0.3 is 0 Å². The number of hydrogen-bond acceptors (Lipinski definition) is 3. The molecule has 4 heteroatoms. The van der Waals surface area contributed by atoms with Crippen LogP contribution in [0.5, 0.6) is 0 Å². The van der Waals surface area contributed by atoms with Crippen LogP contribution in [0.3, 0.4) is 0 Å². The number of nitrogens with one attached hydrogen (secondary N) is 1. The summed E-state index contributed by atoms with van der Waals surface area (Å²) in [6, 6.07) is 0. The van der Waals surface area contributed by atoms with Gasteiger partial charge in [0, 0.05) is 19.5 Å². The molecule has 0 aliphatic carbocycles. The summed E-state index contributed by atoms with van der Waals surface area (Å²) >= 11 is 0. The van der Waals surface area contributed by atoms with Crippen LogP contribution in [0.2, 0.25) is 0 Å². The van der Waals surface area contributed by atoms with Gasteiger partial charge in [-0.3, -0.25) is 4.79 Å². The van der Waals surface area contributed by atoms with E-state index in [0.29, 0.717) is 12.3 Å². The summed E-state index contributed by atoms with van der Waals surface area (Å²) in [6.07, 6.45) is 6.75.